The van der Waals surface area contributed by atoms with Gasteiger partial charge < -0.3 is 10.6 Å². The van der Waals surface area contributed by atoms with E-state index in [1.165, 1.54) is 19.3 Å². The van der Waals surface area contributed by atoms with Crippen LogP contribution in [0.25, 0.3) is 0 Å². The molecule has 0 atom stereocenters. The Hall–Kier alpha value is -1.25. The van der Waals surface area contributed by atoms with E-state index < -0.39 is 0 Å². The second-order valence-corrected chi connectivity index (χ2v) is 4.76. The van der Waals surface area contributed by atoms with Crippen molar-refractivity contribution in [1.82, 2.24) is 0 Å². The molecule has 1 fully saturated rings. The van der Waals surface area contributed by atoms with Gasteiger partial charge in [0.2, 0.25) is 0 Å². The molecular weight excluding hydrogens is 191 g/mol. The lowest BCUT2D eigenvalue weighted by atomic mass is 9.75. The van der Waals surface area contributed by atoms with Gasteiger partial charge in [0.25, 0.3) is 0 Å². The van der Waals surface area contributed by atoms with Gasteiger partial charge >= 0.3 is 0 Å². The largest absolute Gasteiger partial charge is 0.381 e. The molecule has 0 bridgehead atoms. The summed E-state index contributed by atoms with van der Waals surface area (Å²) in [6.07, 6.45) is 3.73. The number of aryl methyl sites for hydroxylation is 1. The van der Waals surface area contributed by atoms with Gasteiger partial charge in [-0.3, -0.25) is 0 Å². The number of hydrogen-bond acceptors (Lipinski definition) is 2. The standard InChI is InChI=1S/C12H15FN2/c1-8-5-11-10(6-9(8)13)14-7-12(15-11)3-2-4-12/h5-6,14-15H,2-4,7H2,1H3. The highest BCUT2D eigenvalue weighted by Crippen LogP contribution is 2.41. The van der Waals surface area contributed by atoms with Crippen LogP contribution in [0, 0.1) is 12.7 Å². The normalized spacial score (nSPS) is 21.2. The molecule has 2 nitrogen and oxygen atoms in total. The van der Waals surface area contributed by atoms with Crippen LogP contribution in [0.2, 0.25) is 0 Å². The molecule has 80 valence electrons. The van der Waals surface area contributed by atoms with Crippen LogP contribution in [0.5, 0.6) is 0 Å². The van der Waals surface area contributed by atoms with Crippen LogP contribution in [0.4, 0.5) is 15.8 Å². The van der Waals surface area contributed by atoms with Crippen molar-refractivity contribution < 1.29 is 4.39 Å². The van der Waals surface area contributed by atoms with Gasteiger partial charge in [-0.2, -0.15) is 0 Å². The van der Waals surface area contributed by atoms with Crippen molar-refractivity contribution in [3.05, 3.63) is 23.5 Å². The smallest absolute Gasteiger partial charge is 0.128 e. The molecular formula is C12H15FN2. The molecule has 0 aromatic heterocycles. The predicted molar refractivity (Wildman–Crippen MR) is 59.8 cm³/mol. The van der Waals surface area contributed by atoms with Gasteiger partial charge in [0.1, 0.15) is 5.82 Å². The second kappa shape index (κ2) is 2.87. The maximum atomic E-state index is 13.3. The molecule has 2 N–H and O–H groups in total. The third-order valence-corrected chi connectivity index (χ3v) is 3.63. The molecule has 0 saturated heterocycles. The van der Waals surface area contributed by atoms with Gasteiger partial charge in [-0.1, -0.05) is 0 Å². The summed E-state index contributed by atoms with van der Waals surface area (Å²) in [6.45, 7) is 2.72. The van der Waals surface area contributed by atoms with Crippen LogP contribution in [0.1, 0.15) is 24.8 Å². The molecule has 1 aromatic carbocycles. The fourth-order valence-corrected chi connectivity index (χ4v) is 2.43. The van der Waals surface area contributed by atoms with Crippen LogP contribution in [0.3, 0.4) is 0 Å². The molecule has 0 radical (unpaired) electrons. The number of anilines is 2. The van der Waals surface area contributed by atoms with Crippen LogP contribution >= 0.6 is 0 Å². The second-order valence-electron chi connectivity index (χ2n) is 4.76. The molecule has 2 aliphatic rings. The van der Waals surface area contributed by atoms with Crippen molar-refractivity contribution in [2.45, 2.75) is 31.7 Å². The molecule has 1 heterocycles. The molecule has 1 saturated carbocycles. The summed E-state index contributed by atoms with van der Waals surface area (Å²) in [7, 11) is 0. The molecule has 3 heteroatoms. The van der Waals surface area contributed by atoms with Crippen molar-refractivity contribution in [1.29, 1.82) is 0 Å². The number of fused-ring (bicyclic) bond motifs is 1. The molecule has 15 heavy (non-hydrogen) atoms. The Morgan fingerprint density at radius 2 is 2.07 bits per heavy atom. The van der Waals surface area contributed by atoms with Gasteiger partial charge in [0, 0.05) is 6.54 Å². The molecule has 1 aromatic rings. The van der Waals surface area contributed by atoms with E-state index in [2.05, 4.69) is 10.6 Å². The average Bonchev–Trinajstić information content (AvgIpc) is 2.17. The van der Waals surface area contributed by atoms with E-state index in [4.69, 9.17) is 0 Å². The maximum Gasteiger partial charge on any atom is 0.128 e. The van der Waals surface area contributed by atoms with Gasteiger partial charge in [-0.25, -0.2) is 4.39 Å². The monoisotopic (exact) mass is 206 g/mol. The van der Waals surface area contributed by atoms with E-state index >= 15 is 0 Å². The van der Waals surface area contributed by atoms with Gasteiger partial charge in [0.15, 0.2) is 0 Å². The van der Waals surface area contributed by atoms with Crippen LogP contribution in [-0.4, -0.2) is 12.1 Å². The summed E-state index contributed by atoms with van der Waals surface area (Å²) >= 11 is 0. The first-order valence-corrected chi connectivity index (χ1v) is 5.51. The molecule has 1 aliphatic carbocycles. The summed E-state index contributed by atoms with van der Waals surface area (Å²) in [6, 6.07) is 3.49. The van der Waals surface area contributed by atoms with E-state index in [1.807, 2.05) is 6.07 Å². The minimum atomic E-state index is -0.132. The minimum Gasteiger partial charge on any atom is -0.381 e. The number of halogens is 1. The summed E-state index contributed by atoms with van der Waals surface area (Å²) in [5.41, 5.74) is 2.91. The van der Waals surface area contributed by atoms with E-state index in [1.54, 1.807) is 13.0 Å². The summed E-state index contributed by atoms with van der Waals surface area (Å²) in [5.74, 6) is -0.132. The van der Waals surface area contributed by atoms with E-state index in [-0.39, 0.29) is 11.4 Å². The van der Waals surface area contributed by atoms with Crippen molar-refractivity contribution in [3.8, 4) is 0 Å². The third-order valence-electron chi connectivity index (χ3n) is 3.63. The maximum absolute atomic E-state index is 13.3. The number of rotatable bonds is 0. The molecule has 1 spiro atoms. The highest BCUT2D eigenvalue weighted by molar-refractivity contribution is 5.73. The van der Waals surface area contributed by atoms with Crippen molar-refractivity contribution in [3.63, 3.8) is 0 Å². The van der Waals surface area contributed by atoms with Crippen LogP contribution in [-0.2, 0) is 0 Å². The first-order chi connectivity index (χ1) is 7.19. The Balaban J connectivity index is 1.98. The highest BCUT2D eigenvalue weighted by atomic mass is 19.1. The molecule has 3 rings (SSSR count). The lowest BCUT2D eigenvalue weighted by Gasteiger charge is -2.47. The lowest BCUT2D eigenvalue weighted by Crippen LogP contribution is -2.52. The Kier molecular flexibility index (Phi) is 1.73. The summed E-state index contributed by atoms with van der Waals surface area (Å²) in [5, 5.41) is 6.87. The fraction of sp³-hybridized carbons (Fsp3) is 0.500. The summed E-state index contributed by atoms with van der Waals surface area (Å²) in [4.78, 5) is 0. The zero-order chi connectivity index (χ0) is 10.5. The minimum absolute atomic E-state index is 0.132. The Bertz CT molecular complexity index is 410. The fourth-order valence-electron chi connectivity index (χ4n) is 2.43. The number of hydrogen-bond donors (Lipinski definition) is 2. The number of nitrogens with one attached hydrogen (secondary N) is 2. The van der Waals surface area contributed by atoms with Gasteiger partial charge in [-0.05, 0) is 43.9 Å². The zero-order valence-electron chi connectivity index (χ0n) is 8.86. The lowest BCUT2D eigenvalue weighted by molar-refractivity contribution is 0.291. The zero-order valence-corrected chi connectivity index (χ0v) is 8.86. The van der Waals surface area contributed by atoms with Gasteiger partial charge in [0.05, 0.1) is 16.9 Å². The Morgan fingerprint density at radius 3 is 2.73 bits per heavy atom. The van der Waals surface area contributed by atoms with Crippen LogP contribution < -0.4 is 10.6 Å². The SMILES string of the molecule is Cc1cc2c(cc1F)NCC1(CCC1)N2. The Morgan fingerprint density at radius 1 is 1.27 bits per heavy atom. The number of benzene rings is 1. The van der Waals surface area contributed by atoms with Crippen LogP contribution in [0.15, 0.2) is 12.1 Å². The predicted octanol–water partition coefficient (Wildman–Crippen LogP) is 2.89. The van der Waals surface area contributed by atoms with Gasteiger partial charge in [-0.15, -0.1) is 0 Å². The van der Waals surface area contributed by atoms with E-state index in [0.29, 0.717) is 5.56 Å². The molecule has 0 unspecified atom stereocenters. The van der Waals surface area contributed by atoms with E-state index in [0.717, 1.165) is 17.9 Å². The first-order valence-electron chi connectivity index (χ1n) is 5.51. The quantitative estimate of drug-likeness (QED) is 0.682. The topological polar surface area (TPSA) is 24.1 Å². The average molecular weight is 206 g/mol. The summed E-state index contributed by atoms with van der Waals surface area (Å²) < 4.78 is 13.3. The molecule has 0 amide bonds. The Labute approximate surface area is 88.9 Å². The van der Waals surface area contributed by atoms with Crippen molar-refractivity contribution in [2.24, 2.45) is 0 Å². The third kappa shape index (κ3) is 1.29. The van der Waals surface area contributed by atoms with Crippen molar-refractivity contribution in [2.75, 3.05) is 17.2 Å². The van der Waals surface area contributed by atoms with Crippen molar-refractivity contribution >= 4 is 11.4 Å². The molecule has 1 aliphatic heterocycles. The first kappa shape index (κ1) is 9.01. The highest BCUT2D eigenvalue weighted by Gasteiger charge is 2.39. The van der Waals surface area contributed by atoms with E-state index in [9.17, 15) is 4.39 Å².